The third-order valence-corrected chi connectivity index (χ3v) is 3.91. The largest absolute Gasteiger partial charge is 0.497 e. The molecule has 0 aliphatic carbocycles. The highest BCUT2D eigenvalue weighted by molar-refractivity contribution is 5.26. The summed E-state index contributed by atoms with van der Waals surface area (Å²) in [5, 5.41) is 10.1. The van der Waals surface area contributed by atoms with Gasteiger partial charge in [0.25, 0.3) is 0 Å². The third-order valence-electron chi connectivity index (χ3n) is 3.91. The van der Waals surface area contributed by atoms with Crippen molar-refractivity contribution >= 4 is 0 Å². The second-order valence-corrected chi connectivity index (χ2v) is 5.73. The van der Waals surface area contributed by atoms with Crippen molar-refractivity contribution in [2.24, 2.45) is 0 Å². The maximum absolute atomic E-state index is 10.1. The first-order valence-electron chi connectivity index (χ1n) is 7.89. The Balaban J connectivity index is 1.64. The van der Waals surface area contributed by atoms with Crippen LogP contribution in [0.3, 0.4) is 0 Å². The van der Waals surface area contributed by atoms with Gasteiger partial charge in [-0.05, 0) is 43.6 Å². The minimum absolute atomic E-state index is 0.391. The van der Waals surface area contributed by atoms with Crippen LogP contribution in [0.5, 0.6) is 5.75 Å². The topological polar surface area (TPSA) is 41.9 Å². The Labute approximate surface area is 127 Å². The molecule has 118 valence electrons. The molecule has 1 saturated heterocycles. The summed E-state index contributed by atoms with van der Waals surface area (Å²) in [5.41, 5.74) is 1.10. The van der Waals surface area contributed by atoms with E-state index in [1.807, 2.05) is 24.3 Å². The number of aliphatic hydroxyl groups excluding tert-OH is 1. The Morgan fingerprint density at radius 3 is 2.38 bits per heavy atom. The molecule has 0 radical (unpaired) electrons. The Morgan fingerprint density at radius 2 is 1.76 bits per heavy atom. The molecule has 1 fully saturated rings. The van der Waals surface area contributed by atoms with Gasteiger partial charge in [-0.25, -0.2) is 0 Å². The molecule has 0 aromatic heterocycles. The van der Waals surface area contributed by atoms with Crippen LogP contribution in [0.15, 0.2) is 24.3 Å². The highest BCUT2D eigenvalue weighted by Gasteiger charge is 2.13. The normalized spacial score (nSPS) is 18.2. The van der Waals surface area contributed by atoms with Crippen LogP contribution in [0.4, 0.5) is 0 Å². The van der Waals surface area contributed by atoms with Gasteiger partial charge in [0.1, 0.15) is 5.75 Å². The standard InChI is InChI=1S/C17H27NO3/c1-20-17-8-6-15(7-9-17)13-21-14-16(19)12-18-10-4-2-3-5-11-18/h6-9,16,19H,2-5,10-14H2,1H3. The number of benzene rings is 1. The van der Waals surface area contributed by atoms with Gasteiger partial charge < -0.3 is 19.5 Å². The predicted molar refractivity (Wildman–Crippen MR) is 83.6 cm³/mol. The van der Waals surface area contributed by atoms with Crippen molar-refractivity contribution in [1.82, 2.24) is 4.90 Å². The molecular formula is C17H27NO3. The van der Waals surface area contributed by atoms with Gasteiger partial charge in [-0.15, -0.1) is 0 Å². The Bertz CT molecular complexity index is 386. The van der Waals surface area contributed by atoms with Gasteiger partial charge in [-0.2, -0.15) is 0 Å². The van der Waals surface area contributed by atoms with E-state index in [-0.39, 0.29) is 0 Å². The molecule has 1 N–H and O–H groups in total. The molecule has 21 heavy (non-hydrogen) atoms. The fraction of sp³-hybridized carbons (Fsp3) is 0.647. The minimum atomic E-state index is -0.402. The summed E-state index contributed by atoms with van der Waals surface area (Å²) in [7, 11) is 1.66. The van der Waals surface area contributed by atoms with E-state index < -0.39 is 6.10 Å². The first-order valence-corrected chi connectivity index (χ1v) is 7.89. The van der Waals surface area contributed by atoms with Gasteiger partial charge in [-0.1, -0.05) is 25.0 Å². The van der Waals surface area contributed by atoms with Crippen LogP contribution >= 0.6 is 0 Å². The van der Waals surface area contributed by atoms with Crippen LogP contribution in [0.1, 0.15) is 31.2 Å². The molecule has 4 nitrogen and oxygen atoms in total. The highest BCUT2D eigenvalue weighted by Crippen LogP contribution is 2.12. The van der Waals surface area contributed by atoms with Crippen LogP contribution in [0.2, 0.25) is 0 Å². The summed E-state index contributed by atoms with van der Waals surface area (Å²) in [6.45, 7) is 3.86. The van der Waals surface area contributed by atoms with E-state index in [9.17, 15) is 5.11 Å². The SMILES string of the molecule is COc1ccc(COCC(O)CN2CCCCCC2)cc1. The molecule has 1 unspecified atom stereocenters. The van der Waals surface area contributed by atoms with Gasteiger partial charge in [0, 0.05) is 6.54 Å². The fourth-order valence-electron chi connectivity index (χ4n) is 2.70. The van der Waals surface area contributed by atoms with Crippen LogP contribution in [-0.4, -0.2) is 49.5 Å². The van der Waals surface area contributed by atoms with Crippen LogP contribution < -0.4 is 4.74 Å². The molecule has 1 heterocycles. The van der Waals surface area contributed by atoms with Gasteiger partial charge in [-0.3, -0.25) is 0 Å². The first kappa shape index (κ1) is 16.3. The summed E-state index contributed by atoms with van der Waals surface area (Å²) in [6, 6.07) is 7.82. The minimum Gasteiger partial charge on any atom is -0.497 e. The van der Waals surface area contributed by atoms with Gasteiger partial charge in [0.2, 0.25) is 0 Å². The average Bonchev–Trinajstić information content (AvgIpc) is 2.76. The Kier molecular flexibility index (Phi) is 7.00. The number of ether oxygens (including phenoxy) is 2. The lowest BCUT2D eigenvalue weighted by molar-refractivity contribution is 0.0104. The number of hydrogen-bond donors (Lipinski definition) is 1. The van der Waals surface area contributed by atoms with Gasteiger partial charge in [0.05, 0.1) is 26.4 Å². The number of hydrogen-bond acceptors (Lipinski definition) is 4. The second-order valence-electron chi connectivity index (χ2n) is 5.73. The molecule has 1 aliphatic rings. The smallest absolute Gasteiger partial charge is 0.118 e. The molecule has 1 aliphatic heterocycles. The molecule has 1 aromatic carbocycles. The fourth-order valence-corrected chi connectivity index (χ4v) is 2.70. The van der Waals surface area contributed by atoms with Crippen molar-refractivity contribution in [1.29, 1.82) is 0 Å². The lowest BCUT2D eigenvalue weighted by atomic mass is 10.2. The molecule has 1 aromatic rings. The summed E-state index contributed by atoms with van der Waals surface area (Å²) in [6.07, 6.45) is 4.74. The average molecular weight is 293 g/mol. The lowest BCUT2D eigenvalue weighted by Crippen LogP contribution is -2.35. The van der Waals surface area contributed by atoms with Crippen molar-refractivity contribution in [2.45, 2.75) is 38.4 Å². The zero-order valence-electron chi connectivity index (χ0n) is 13.0. The molecule has 0 bridgehead atoms. The predicted octanol–water partition coefficient (Wildman–Crippen LogP) is 2.45. The van der Waals surface area contributed by atoms with Gasteiger partial charge in [0.15, 0.2) is 0 Å². The Hall–Kier alpha value is -1.10. The number of β-amino-alcohol motifs (C(OH)–C–C–N with tert-alkyl or cyclic N) is 1. The van der Waals surface area contributed by atoms with Crippen molar-refractivity contribution in [3.05, 3.63) is 29.8 Å². The van der Waals surface area contributed by atoms with E-state index in [1.165, 1.54) is 25.7 Å². The molecule has 1 atom stereocenters. The summed E-state index contributed by atoms with van der Waals surface area (Å²) >= 11 is 0. The maximum Gasteiger partial charge on any atom is 0.118 e. The number of rotatable bonds is 7. The monoisotopic (exact) mass is 293 g/mol. The number of methoxy groups -OCH3 is 1. The highest BCUT2D eigenvalue weighted by atomic mass is 16.5. The van der Waals surface area contributed by atoms with Crippen LogP contribution in [-0.2, 0) is 11.3 Å². The molecular weight excluding hydrogens is 266 g/mol. The summed E-state index contributed by atoms with van der Waals surface area (Å²) in [5.74, 6) is 0.847. The second kappa shape index (κ2) is 9.03. The van der Waals surface area contributed by atoms with E-state index >= 15 is 0 Å². The van der Waals surface area contributed by atoms with E-state index in [0.29, 0.717) is 13.2 Å². The molecule has 2 rings (SSSR count). The van der Waals surface area contributed by atoms with Crippen molar-refractivity contribution in [3.8, 4) is 5.75 Å². The van der Waals surface area contributed by atoms with E-state index in [1.54, 1.807) is 7.11 Å². The van der Waals surface area contributed by atoms with E-state index in [4.69, 9.17) is 9.47 Å². The zero-order valence-corrected chi connectivity index (χ0v) is 13.0. The molecule has 0 spiro atoms. The number of nitrogens with zero attached hydrogens (tertiary/aromatic N) is 1. The van der Waals surface area contributed by atoms with Crippen LogP contribution in [0.25, 0.3) is 0 Å². The first-order chi connectivity index (χ1) is 10.3. The molecule has 4 heteroatoms. The molecule has 0 saturated carbocycles. The van der Waals surface area contributed by atoms with E-state index in [2.05, 4.69) is 4.90 Å². The zero-order chi connectivity index (χ0) is 14.9. The van der Waals surface area contributed by atoms with Crippen molar-refractivity contribution < 1.29 is 14.6 Å². The summed E-state index contributed by atoms with van der Waals surface area (Å²) in [4.78, 5) is 2.36. The third kappa shape index (κ3) is 6.04. The molecule has 0 amide bonds. The number of likely N-dealkylation sites (tertiary alicyclic amines) is 1. The lowest BCUT2D eigenvalue weighted by Gasteiger charge is -2.23. The van der Waals surface area contributed by atoms with Gasteiger partial charge >= 0.3 is 0 Å². The van der Waals surface area contributed by atoms with Crippen molar-refractivity contribution in [3.63, 3.8) is 0 Å². The summed E-state index contributed by atoms with van der Waals surface area (Å²) < 4.78 is 10.7. The van der Waals surface area contributed by atoms with E-state index in [0.717, 1.165) is 30.9 Å². The van der Waals surface area contributed by atoms with Crippen molar-refractivity contribution in [2.75, 3.05) is 33.4 Å². The Morgan fingerprint density at radius 1 is 1.10 bits per heavy atom. The maximum atomic E-state index is 10.1. The quantitative estimate of drug-likeness (QED) is 0.838. The number of aliphatic hydroxyl groups is 1. The van der Waals surface area contributed by atoms with Crippen LogP contribution in [0, 0.1) is 0 Å².